The molecule has 0 radical (unpaired) electrons. The van der Waals surface area contributed by atoms with Gasteiger partial charge in [-0.15, -0.1) is 0 Å². The second-order valence-corrected chi connectivity index (χ2v) is 4.67. The number of rotatable bonds is 5. The van der Waals surface area contributed by atoms with Crippen LogP contribution >= 0.6 is 0 Å². The van der Waals surface area contributed by atoms with Crippen molar-refractivity contribution in [3.63, 3.8) is 0 Å². The maximum Gasteiger partial charge on any atom is 0.401 e. The Bertz CT molecular complexity index is 421. The van der Waals surface area contributed by atoms with Gasteiger partial charge in [-0.3, -0.25) is 4.90 Å². The van der Waals surface area contributed by atoms with Gasteiger partial charge in [0.15, 0.2) is 0 Å². The van der Waals surface area contributed by atoms with Gasteiger partial charge in [-0.05, 0) is 19.4 Å². The van der Waals surface area contributed by atoms with Gasteiger partial charge in [-0.2, -0.15) is 18.4 Å². The van der Waals surface area contributed by atoms with E-state index in [1.165, 1.54) is 4.90 Å². The van der Waals surface area contributed by atoms with Gasteiger partial charge < -0.3 is 0 Å². The summed E-state index contributed by atoms with van der Waals surface area (Å²) in [5, 5.41) is 8.87. The summed E-state index contributed by atoms with van der Waals surface area (Å²) in [7, 11) is 0. The summed E-state index contributed by atoms with van der Waals surface area (Å²) >= 11 is 0. The van der Waals surface area contributed by atoms with Crippen molar-refractivity contribution < 1.29 is 13.2 Å². The highest BCUT2D eigenvalue weighted by atomic mass is 19.4. The first-order valence-electron chi connectivity index (χ1n) is 6.09. The molecule has 0 aromatic heterocycles. The Labute approximate surface area is 111 Å². The average Bonchev–Trinajstić information content (AvgIpc) is 2.33. The maximum absolute atomic E-state index is 12.7. The molecule has 1 atom stereocenters. The van der Waals surface area contributed by atoms with Crippen LogP contribution < -0.4 is 0 Å². The predicted molar refractivity (Wildman–Crippen MR) is 67.3 cm³/mol. The summed E-state index contributed by atoms with van der Waals surface area (Å²) in [6.45, 7) is 2.41. The molecule has 104 valence electrons. The van der Waals surface area contributed by atoms with E-state index in [0.29, 0.717) is 0 Å². The summed E-state index contributed by atoms with van der Waals surface area (Å²) in [6.07, 6.45) is -4.23. The molecular weight excluding hydrogens is 253 g/mol. The first kappa shape index (κ1) is 15.5. The minimum absolute atomic E-state index is 0.0400. The van der Waals surface area contributed by atoms with Crippen LogP contribution in [0, 0.1) is 11.3 Å². The van der Waals surface area contributed by atoms with E-state index in [-0.39, 0.29) is 12.5 Å². The summed E-state index contributed by atoms with van der Waals surface area (Å²) in [4.78, 5) is 1.32. The number of nitrogens with zero attached hydrogens (tertiary/aromatic N) is 2. The Balaban J connectivity index is 3.04. The fraction of sp³-hybridized carbons (Fsp3) is 0.500. The Hall–Kier alpha value is -1.54. The van der Waals surface area contributed by atoms with Crippen LogP contribution in [0.1, 0.15) is 31.9 Å². The molecular formula is C14H17F3N2. The van der Waals surface area contributed by atoms with Crippen LogP contribution in [-0.4, -0.2) is 23.7 Å². The van der Waals surface area contributed by atoms with Crippen LogP contribution in [0.5, 0.6) is 0 Å². The van der Waals surface area contributed by atoms with Gasteiger partial charge in [0.1, 0.15) is 0 Å². The first-order chi connectivity index (χ1) is 8.85. The fourth-order valence-corrected chi connectivity index (χ4v) is 2.05. The zero-order valence-electron chi connectivity index (χ0n) is 11.0. The Kier molecular flexibility index (Phi) is 5.37. The highest BCUT2D eigenvalue weighted by molar-refractivity contribution is 5.20. The molecule has 0 aliphatic rings. The quantitative estimate of drug-likeness (QED) is 0.811. The summed E-state index contributed by atoms with van der Waals surface area (Å²) in [5.41, 5.74) is 0.738. The largest absolute Gasteiger partial charge is 0.401 e. The van der Waals surface area contributed by atoms with Gasteiger partial charge in [-0.1, -0.05) is 30.3 Å². The SMILES string of the molecule is CC(C)N(CC(F)(F)F)C(CC#N)c1ccccc1. The van der Waals surface area contributed by atoms with Crippen molar-refractivity contribution >= 4 is 0 Å². The van der Waals surface area contributed by atoms with Gasteiger partial charge >= 0.3 is 6.18 Å². The third kappa shape index (κ3) is 4.92. The average molecular weight is 270 g/mol. The fourth-order valence-electron chi connectivity index (χ4n) is 2.05. The smallest absolute Gasteiger partial charge is 0.284 e. The van der Waals surface area contributed by atoms with Crippen molar-refractivity contribution in [3.05, 3.63) is 35.9 Å². The topological polar surface area (TPSA) is 27.0 Å². The molecule has 1 unspecified atom stereocenters. The number of benzene rings is 1. The van der Waals surface area contributed by atoms with E-state index in [2.05, 4.69) is 0 Å². The van der Waals surface area contributed by atoms with E-state index >= 15 is 0 Å². The van der Waals surface area contributed by atoms with Gasteiger partial charge in [0.2, 0.25) is 0 Å². The van der Waals surface area contributed by atoms with Crippen molar-refractivity contribution in [2.24, 2.45) is 0 Å². The summed E-state index contributed by atoms with van der Waals surface area (Å²) < 4.78 is 38.0. The number of nitriles is 1. The molecule has 0 spiro atoms. The molecule has 0 bridgehead atoms. The molecule has 1 aromatic rings. The number of hydrogen-bond donors (Lipinski definition) is 0. The standard InChI is InChI=1S/C14H17F3N2/c1-11(2)19(10-14(15,16)17)13(8-9-18)12-6-4-3-5-7-12/h3-7,11,13H,8,10H2,1-2H3. The lowest BCUT2D eigenvalue weighted by atomic mass is 10.0. The molecule has 0 fully saturated rings. The lowest BCUT2D eigenvalue weighted by Crippen LogP contribution is -2.41. The van der Waals surface area contributed by atoms with Gasteiger partial charge in [0.25, 0.3) is 0 Å². The van der Waals surface area contributed by atoms with E-state index in [4.69, 9.17) is 5.26 Å². The van der Waals surface area contributed by atoms with Crippen molar-refractivity contribution in [1.29, 1.82) is 5.26 Å². The van der Waals surface area contributed by atoms with E-state index in [1.807, 2.05) is 6.07 Å². The molecule has 0 aliphatic heterocycles. The van der Waals surface area contributed by atoms with Crippen LogP contribution in [0.25, 0.3) is 0 Å². The predicted octanol–water partition coefficient (Wildman–Crippen LogP) is 3.91. The number of halogens is 3. The van der Waals surface area contributed by atoms with E-state index in [1.54, 1.807) is 44.2 Å². The molecule has 5 heteroatoms. The highest BCUT2D eigenvalue weighted by Crippen LogP contribution is 2.29. The monoisotopic (exact) mass is 270 g/mol. The third-order valence-corrected chi connectivity index (χ3v) is 2.89. The molecule has 0 heterocycles. The number of alkyl halides is 3. The molecule has 1 rings (SSSR count). The zero-order valence-corrected chi connectivity index (χ0v) is 11.0. The van der Waals surface area contributed by atoms with Crippen LogP contribution in [0.15, 0.2) is 30.3 Å². The molecule has 0 amide bonds. The van der Waals surface area contributed by atoms with Crippen molar-refractivity contribution in [2.75, 3.05) is 6.54 Å². The van der Waals surface area contributed by atoms with Crippen molar-refractivity contribution in [1.82, 2.24) is 4.90 Å². The molecule has 19 heavy (non-hydrogen) atoms. The maximum atomic E-state index is 12.7. The van der Waals surface area contributed by atoms with Crippen LogP contribution in [0.3, 0.4) is 0 Å². The second-order valence-electron chi connectivity index (χ2n) is 4.67. The molecule has 0 saturated heterocycles. The van der Waals surface area contributed by atoms with E-state index < -0.39 is 18.8 Å². The third-order valence-electron chi connectivity index (χ3n) is 2.89. The Morgan fingerprint density at radius 1 is 1.21 bits per heavy atom. The Morgan fingerprint density at radius 3 is 2.21 bits per heavy atom. The normalized spacial score (nSPS) is 13.6. The van der Waals surface area contributed by atoms with Gasteiger partial charge in [0, 0.05) is 12.1 Å². The lowest BCUT2D eigenvalue weighted by molar-refractivity contribution is -0.155. The van der Waals surface area contributed by atoms with Gasteiger partial charge in [-0.25, -0.2) is 0 Å². The zero-order chi connectivity index (χ0) is 14.5. The lowest BCUT2D eigenvalue weighted by Gasteiger charge is -2.34. The highest BCUT2D eigenvalue weighted by Gasteiger charge is 2.35. The van der Waals surface area contributed by atoms with Crippen LogP contribution in [0.4, 0.5) is 13.2 Å². The molecule has 2 nitrogen and oxygen atoms in total. The van der Waals surface area contributed by atoms with Crippen molar-refractivity contribution in [3.8, 4) is 6.07 Å². The molecule has 0 N–H and O–H groups in total. The van der Waals surface area contributed by atoms with Gasteiger partial charge in [0.05, 0.1) is 19.0 Å². The van der Waals surface area contributed by atoms with Crippen molar-refractivity contribution in [2.45, 2.75) is 38.5 Å². The Morgan fingerprint density at radius 2 is 1.79 bits per heavy atom. The first-order valence-corrected chi connectivity index (χ1v) is 6.09. The number of hydrogen-bond acceptors (Lipinski definition) is 2. The molecule has 0 saturated carbocycles. The van der Waals surface area contributed by atoms with Crippen LogP contribution in [-0.2, 0) is 0 Å². The molecule has 1 aromatic carbocycles. The van der Waals surface area contributed by atoms with E-state index in [9.17, 15) is 13.2 Å². The minimum atomic E-state index is -4.27. The second kappa shape index (κ2) is 6.58. The summed E-state index contributed by atoms with van der Waals surface area (Å²) in [6, 6.07) is 10.0. The van der Waals surface area contributed by atoms with E-state index in [0.717, 1.165) is 5.56 Å². The molecule has 0 aliphatic carbocycles. The minimum Gasteiger partial charge on any atom is -0.284 e. The van der Waals surface area contributed by atoms with Crippen LogP contribution in [0.2, 0.25) is 0 Å². The summed E-state index contributed by atoms with van der Waals surface area (Å²) in [5.74, 6) is 0.